The fourth-order valence-electron chi connectivity index (χ4n) is 9.49. The van der Waals surface area contributed by atoms with Gasteiger partial charge in [-0.25, -0.2) is 0 Å². The zero-order valence-corrected chi connectivity index (χ0v) is 22.7. The number of rotatable bonds is 5. The van der Waals surface area contributed by atoms with E-state index < -0.39 is 5.60 Å². The van der Waals surface area contributed by atoms with Crippen LogP contribution in [0.3, 0.4) is 0 Å². The van der Waals surface area contributed by atoms with E-state index in [2.05, 4.69) is 41.5 Å². The maximum Gasteiger partial charge on any atom is 0.159 e. The molecule has 0 saturated heterocycles. The van der Waals surface area contributed by atoms with Gasteiger partial charge in [0.05, 0.1) is 11.7 Å². The van der Waals surface area contributed by atoms with Crippen molar-refractivity contribution in [3.8, 4) is 0 Å². The Morgan fingerprint density at radius 3 is 2.36 bits per heavy atom. The number of carbonyl (C=O) groups is 1. The molecule has 188 valence electrons. The Bertz CT molecular complexity index is 832. The molecule has 4 aliphatic rings. The molecule has 0 aromatic rings. The third-order valence-corrected chi connectivity index (χ3v) is 11.7. The van der Waals surface area contributed by atoms with E-state index in [-0.39, 0.29) is 27.8 Å². The summed E-state index contributed by atoms with van der Waals surface area (Å²) in [4.78, 5) is 14.0. The van der Waals surface area contributed by atoms with Crippen LogP contribution in [-0.4, -0.2) is 27.7 Å². The van der Waals surface area contributed by atoms with Gasteiger partial charge in [-0.2, -0.15) is 0 Å². The van der Waals surface area contributed by atoms with E-state index in [0.29, 0.717) is 30.0 Å². The van der Waals surface area contributed by atoms with E-state index >= 15 is 0 Å². The molecule has 0 spiro atoms. The molecule has 4 aliphatic carbocycles. The molecule has 3 heteroatoms. The molecule has 2 fully saturated rings. The summed E-state index contributed by atoms with van der Waals surface area (Å²) in [5.41, 5.74) is 2.01. The third-order valence-electron chi connectivity index (χ3n) is 11.7. The Morgan fingerprint density at radius 1 is 1.06 bits per heavy atom. The molecule has 0 bridgehead atoms. The summed E-state index contributed by atoms with van der Waals surface area (Å²) in [7, 11) is 0. The molecular weight excluding hydrogens is 408 g/mol. The normalized spacial score (nSPS) is 43.7. The first kappa shape index (κ1) is 25.4. The van der Waals surface area contributed by atoms with Gasteiger partial charge < -0.3 is 10.2 Å². The van der Waals surface area contributed by atoms with Crippen LogP contribution in [0.1, 0.15) is 120 Å². The molecule has 4 rings (SSSR count). The van der Waals surface area contributed by atoms with Gasteiger partial charge in [-0.05, 0) is 98.2 Å². The molecule has 2 saturated carbocycles. The number of Topliss-reactive ketones (excluding diaryl/α,β-unsaturated/α-hetero) is 1. The highest BCUT2D eigenvalue weighted by Crippen LogP contribution is 2.71. The average molecular weight is 459 g/mol. The molecule has 2 N–H and O–H groups in total. The average Bonchev–Trinajstić information content (AvgIpc) is 2.95. The molecule has 3 nitrogen and oxygen atoms in total. The number of hydrogen-bond donors (Lipinski definition) is 2. The van der Waals surface area contributed by atoms with Crippen LogP contribution in [-0.2, 0) is 4.79 Å². The molecule has 33 heavy (non-hydrogen) atoms. The van der Waals surface area contributed by atoms with Crippen molar-refractivity contribution in [1.29, 1.82) is 0 Å². The Kier molecular flexibility index (Phi) is 6.10. The minimum absolute atomic E-state index is 0.0317. The van der Waals surface area contributed by atoms with Crippen LogP contribution in [0.15, 0.2) is 11.1 Å². The number of allylic oxidation sites excluding steroid dienone is 2. The number of aliphatic hydroxyl groups is 2. The van der Waals surface area contributed by atoms with Crippen LogP contribution in [0.25, 0.3) is 0 Å². The number of carbonyl (C=O) groups excluding carboxylic acids is 1. The van der Waals surface area contributed by atoms with Gasteiger partial charge in [-0.1, -0.05) is 60.0 Å². The largest absolute Gasteiger partial charge is 0.393 e. The maximum atomic E-state index is 14.0. The molecule has 0 aromatic carbocycles. The zero-order valence-electron chi connectivity index (χ0n) is 22.7. The quantitative estimate of drug-likeness (QED) is 0.473. The lowest BCUT2D eigenvalue weighted by Crippen LogP contribution is -2.57. The second kappa shape index (κ2) is 7.92. The van der Waals surface area contributed by atoms with E-state index in [1.54, 1.807) is 0 Å². The van der Waals surface area contributed by atoms with Crippen molar-refractivity contribution in [2.45, 2.75) is 131 Å². The predicted octanol–water partition coefficient (Wildman–Crippen LogP) is 6.85. The standard InChI is InChI=1S/C30H50O3/c1-19(10-9-15-26(2,3)33)20-13-17-29(7)21-11-12-23-27(4,5)24(32)14-16-28(23,6)25(21)22(31)18-30(20,29)8/h19-20,23-24,32-33H,9-18H2,1-8H3/t19-,20-,23+,24+,28+,29+,30-/m1/s1. The maximum absolute atomic E-state index is 14.0. The molecule has 0 aliphatic heterocycles. The van der Waals surface area contributed by atoms with E-state index in [9.17, 15) is 15.0 Å². The number of fused-ring (bicyclic) bond motifs is 4. The summed E-state index contributed by atoms with van der Waals surface area (Å²) in [5, 5.41) is 20.9. The smallest absolute Gasteiger partial charge is 0.159 e. The van der Waals surface area contributed by atoms with E-state index in [1.165, 1.54) is 24.0 Å². The van der Waals surface area contributed by atoms with Crippen molar-refractivity contribution in [2.24, 2.45) is 39.4 Å². The van der Waals surface area contributed by atoms with Gasteiger partial charge in [0.25, 0.3) is 0 Å². The summed E-state index contributed by atoms with van der Waals surface area (Å²) in [6.45, 7) is 17.9. The minimum Gasteiger partial charge on any atom is -0.393 e. The summed E-state index contributed by atoms with van der Waals surface area (Å²) in [5.74, 6) is 1.93. The topological polar surface area (TPSA) is 57.5 Å². The van der Waals surface area contributed by atoms with Gasteiger partial charge in [0.15, 0.2) is 5.78 Å². The van der Waals surface area contributed by atoms with Gasteiger partial charge in [-0.3, -0.25) is 4.79 Å². The predicted molar refractivity (Wildman–Crippen MR) is 135 cm³/mol. The first-order chi connectivity index (χ1) is 15.1. The van der Waals surface area contributed by atoms with Crippen LogP contribution in [0, 0.1) is 39.4 Å². The van der Waals surface area contributed by atoms with Crippen molar-refractivity contribution in [2.75, 3.05) is 0 Å². The Labute approximate surface area is 202 Å². The molecule has 0 unspecified atom stereocenters. The van der Waals surface area contributed by atoms with Crippen LogP contribution >= 0.6 is 0 Å². The SMILES string of the molecule is C[C@H](CCCC(C)(C)O)[C@H]1CC[C@@]2(C)C3=C(C(=O)C[C@]12C)[C@@]1(C)CC[C@H](O)C(C)(C)[C@@H]1CC3. The first-order valence-corrected chi connectivity index (χ1v) is 13.8. The van der Waals surface area contributed by atoms with Crippen LogP contribution in [0.2, 0.25) is 0 Å². The second-order valence-electron chi connectivity index (χ2n) is 14.4. The van der Waals surface area contributed by atoms with Crippen LogP contribution in [0.4, 0.5) is 0 Å². The lowest BCUT2D eigenvalue weighted by Gasteiger charge is -2.61. The molecule has 0 radical (unpaired) electrons. The van der Waals surface area contributed by atoms with Crippen molar-refractivity contribution < 1.29 is 15.0 Å². The number of ketones is 1. The minimum atomic E-state index is -0.593. The number of aliphatic hydroxyl groups excluding tert-OH is 1. The first-order valence-electron chi connectivity index (χ1n) is 13.8. The Balaban J connectivity index is 1.66. The van der Waals surface area contributed by atoms with Crippen molar-refractivity contribution in [3.63, 3.8) is 0 Å². The highest BCUT2D eigenvalue weighted by atomic mass is 16.3. The second-order valence-corrected chi connectivity index (χ2v) is 14.4. The van der Waals surface area contributed by atoms with Crippen LogP contribution < -0.4 is 0 Å². The van der Waals surface area contributed by atoms with Gasteiger partial charge in [-0.15, -0.1) is 0 Å². The number of hydrogen-bond acceptors (Lipinski definition) is 3. The summed E-state index contributed by atoms with van der Waals surface area (Å²) < 4.78 is 0. The summed E-state index contributed by atoms with van der Waals surface area (Å²) in [6.07, 6.45) is 9.73. The summed E-state index contributed by atoms with van der Waals surface area (Å²) >= 11 is 0. The Hall–Kier alpha value is -0.670. The van der Waals surface area contributed by atoms with Gasteiger partial charge >= 0.3 is 0 Å². The molecule has 0 aromatic heterocycles. The highest BCUT2D eigenvalue weighted by molar-refractivity contribution is 5.99. The lowest BCUT2D eigenvalue weighted by molar-refractivity contribution is -0.131. The van der Waals surface area contributed by atoms with Gasteiger partial charge in [0, 0.05) is 12.0 Å². The lowest BCUT2D eigenvalue weighted by atomic mass is 9.43. The van der Waals surface area contributed by atoms with Crippen LogP contribution in [0.5, 0.6) is 0 Å². The Morgan fingerprint density at radius 2 is 1.73 bits per heavy atom. The monoisotopic (exact) mass is 458 g/mol. The molecule has 7 atom stereocenters. The van der Waals surface area contributed by atoms with E-state index in [4.69, 9.17) is 0 Å². The highest BCUT2D eigenvalue weighted by Gasteiger charge is 2.65. The molecule has 0 amide bonds. The van der Waals surface area contributed by atoms with Gasteiger partial charge in [0.2, 0.25) is 0 Å². The molecular formula is C30H50O3. The van der Waals surface area contributed by atoms with E-state index in [1.807, 2.05) is 13.8 Å². The van der Waals surface area contributed by atoms with E-state index in [0.717, 1.165) is 44.9 Å². The van der Waals surface area contributed by atoms with Crippen molar-refractivity contribution >= 4 is 5.78 Å². The summed E-state index contributed by atoms with van der Waals surface area (Å²) in [6, 6.07) is 0. The van der Waals surface area contributed by atoms with Crippen molar-refractivity contribution in [3.05, 3.63) is 11.1 Å². The third kappa shape index (κ3) is 3.70. The molecule has 0 heterocycles. The van der Waals surface area contributed by atoms with Gasteiger partial charge in [0.1, 0.15) is 0 Å². The fraction of sp³-hybridized carbons (Fsp3) is 0.900. The fourth-order valence-corrected chi connectivity index (χ4v) is 9.49. The zero-order chi connectivity index (χ0) is 24.6. The van der Waals surface area contributed by atoms with Crippen molar-refractivity contribution in [1.82, 2.24) is 0 Å².